The van der Waals surface area contributed by atoms with Gasteiger partial charge in [-0.05, 0) is 24.4 Å². The quantitative estimate of drug-likeness (QED) is 0.372. The van der Waals surface area contributed by atoms with E-state index in [9.17, 15) is 19.7 Å². The minimum Gasteiger partial charge on any atom is -0.449 e. The number of carbonyl (C=O) groups is 2. The highest BCUT2D eigenvalue weighted by molar-refractivity contribution is 6.04. The summed E-state index contributed by atoms with van der Waals surface area (Å²) in [5.74, 6) is -1.34. The molecule has 1 atom stereocenters. The van der Waals surface area contributed by atoms with E-state index in [1.54, 1.807) is 13.1 Å². The number of hydrogen-bond acceptors (Lipinski definition) is 6. The molecule has 0 aliphatic heterocycles. The van der Waals surface area contributed by atoms with Gasteiger partial charge in [0.05, 0.1) is 10.5 Å². The molecular weight excluding hydrogens is 374 g/mol. The average molecular weight is 393 g/mol. The van der Waals surface area contributed by atoms with Crippen molar-refractivity contribution in [2.75, 3.05) is 17.7 Å². The summed E-state index contributed by atoms with van der Waals surface area (Å²) in [6.07, 6.45) is -1.11. The molecule has 0 bridgehead atoms. The van der Waals surface area contributed by atoms with Crippen molar-refractivity contribution in [3.05, 3.63) is 76.3 Å². The van der Waals surface area contributed by atoms with E-state index < -0.39 is 22.9 Å². The molecule has 0 aliphatic carbocycles. The van der Waals surface area contributed by atoms with Crippen LogP contribution in [0.1, 0.15) is 17.3 Å². The Labute approximate surface area is 166 Å². The zero-order valence-electron chi connectivity index (χ0n) is 15.8. The van der Waals surface area contributed by atoms with Crippen LogP contribution in [-0.2, 0) is 9.53 Å². The minimum absolute atomic E-state index is 0.0217. The summed E-state index contributed by atoms with van der Waals surface area (Å²) >= 11 is 0. The van der Waals surface area contributed by atoms with Crippen LogP contribution in [0, 0.1) is 10.1 Å². The van der Waals surface area contributed by atoms with Crippen molar-refractivity contribution in [3.8, 4) is 0 Å². The van der Waals surface area contributed by atoms with Crippen LogP contribution in [0.15, 0.2) is 60.7 Å². The number of fused-ring (bicyclic) bond motifs is 1. The molecule has 0 saturated heterocycles. The van der Waals surface area contributed by atoms with E-state index in [4.69, 9.17) is 4.74 Å². The Kier molecular flexibility index (Phi) is 5.73. The van der Waals surface area contributed by atoms with E-state index in [0.717, 1.165) is 16.8 Å². The molecule has 0 spiro atoms. The monoisotopic (exact) mass is 393 g/mol. The molecule has 0 fully saturated rings. The van der Waals surface area contributed by atoms with E-state index in [0.29, 0.717) is 11.4 Å². The lowest BCUT2D eigenvalue weighted by Crippen LogP contribution is -2.30. The zero-order chi connectivity index (χ0) is 21.0. The average Bonchev–Trinajstić information content (AvgIpc) is 2.73. The molecule has 3 rings (SSSR count). The summed E-state index contributed by atoms with van der Waals surface area (Å²) in [5, 5.41) is 18.3. The Bertz CT molecular complexity index is 1090. The second-order valence-corrected chi connectivity index (χ2v) is 6.30. The largest absolute Gasteiger partial charge is 0.449 e. The lowest BCUT2D eigenvalue weighted by molar-refractivity contribution is -0.384. The Balaban J connectivity index is 1.76. The molecule has 0 heterocycles. The van der Waals surface area contributed by atoms with Crippen LogP contribution in [0.3, 0.4) is 0 Å². The standard InChI is InChI=1S/C21H19N3O5/c1-13(20(25)23-19-9-5-7-14-6-3-4-8-16(14)19)29-21(26)17-12-15(24(27)28)10-11-18(17)22-2/h3-13,22H,1-2H3,(H,23,25). The topological polar surface area (TPSA) is 111 Å². The van der Waals surface area contributed by atoms with E-state index in [-0.39, 0.29) is 11.3 Å². The van der Waals surface area contributed by atoms with Gasteiger partial charge in [0.15, 0.2) is 6.10 Å². The van der Waals surface area contributed by atoms with Crippen LogP contribution in [0.5, 0.6) is 0 Å². The number of amides is 1. The summed E-state index contributed by atoms with van der Waals surface area (Å²) in [6.45, 7) is 1.44. The maximum absolute atomic E-state index is 12.5. The fourth-order valence-corrected chi connectivity index (χ4v) is 2.88. The summed E-state index contributed by atoms with van der Waals surface area (Å²) < 4.78 is 5.25. The highest BCUT2D eigenvalue weighted by atomic mass is 16.6. The summed E-state index contributed by atoms with van der Waals surface area (Å²) in [5.41, 5.74) is 0.694. The van der Waals surface area contributed by atoms with E-state index >= 15 is 0 Å². The first-order valence-corrected chi connectivity index (χ1v) is 8.86. The molecule has 1 amide bonds. The van der Waals surface area contributed by atoms with Gasteiger partial charge >= 0.3 is 5.97 Å². The SMILES string of the molecule is CNc1ccc([N+](=O)[O-])cc1C(=O)OC(C)C(=O)Nc1cccc2ccccc12. The van der Waals surface area contributed by atoms with Gasteiger partial charge in [0.1, 0.15) is 0 Å². The smallest absolute Gasteiger partial charge is 0.341 e. The van der Waals surface area contributed by atoms with Crippen molar-refractivity contribution < 1.29 is 19.2 Å². The molecule has 8 nitrogen and oxygen atoms in total. The fourth-order valence-electron chi connectivity index (χ4n) is 2.88. The number of nitrogens with zero attached hydrogens (tertiary/aromatic N) is 1. The maximum atomic E-state index is 12.5. The third-order valence-corrected chi connectivity index (χ3v) is 4.40. The first kappa shape index (κ1) is 19.8. The number of anilines is 2. The van der Waals surface area contributed by atoms with Gasteiger partial charge in [0.2, 0.25) is 0 Å². The van der Waals surface area contributed by atoms with Gasteiger partial charge < -0.3 is 15.4 Å². The van der Waals surface area contributed by atoms with Gasteiger partial charge in [-0.2, -0.15) is 0 Å². The van der Waals surface area contributed by atoms with Crippen molar-refractivity contribution in [2.45, 2.75) is 13.0 Å². The molecule has 0 aromatic heterocycles. The second-order valence-electron chi connectivity index (χ2n) is 6.30. The number of hydrogen-bond donors (Lipinski definition) is 2. The molecule has 148 valence electrons. The Hall–Kier alpha value is -3.94. The molecule has 8 heteroatoms. The number of nitrogens with one attached hydrogen (secondary N) is 2. The van der Waals surface area contributed by atoms with E-state index in [2.05, 4.69) is 10.6 Å². The molecule has 29 heavy (non-hydrogen) atoms. The first-order valence-electron chi connectivity index (χ1n) is 8.86. The van der Waals surface area contributed by atoms with Crippen LogP contribution >= 0.6 is 0 Å². The number of rotatable bonds is 6. The first-order chi connectivity index (χ1) is 13.9. The predicted molar refractivity (Wildman–Crippen MR) is 110 cm³/mol. The minimum atomic E-state index is -1.11. The Morgan fingerprint density at radius 1 is 1.03 bits per heavy atom. The summed E-state index contributed by atoms with van der Waals surface area (Å²) in [7, 11) is 1.58. The van der Waals surface area contributed by atoms with Gasteiger partial charge in [-0.1, -0.05) is 36.4 Å². The van der Waals surface area contributed by atoms with Crippen molar-refractivity contribution in [2.24, 2.45) is 0 Å². The maximum Gasteiger partial charge on any atom is 0.341 e. The molecule has 3 aromatic rings. The number of ether oxygens (including phenoxy) is 1. The van der Waals surface area contributed by atoms with Crippen molar-refractivity contribution >= 4 is 39.7 Å². The van der Waals surface area contributed by atoms with Crippen LogP contribution in [0.2, 0.25) is 0 Å². The summed E-state index contributed by atoms with van der Waals surface area (Å²) in [4.78, 5) is 35.4. The molecule has 1 unspecified atom stereocenters. The zero-order valence-corrected chi connectivity index (χ0v) is 15.8. The number of nitro benzene ring substituents is 1. The lowest BCUT2D eigenvalue weighted by Gasteiger charge is -2.16. The van der Waals surface area contributed by atoms with Crippen LogP contribution < -0.4 is 10.6 Å². The molecule has 0 aliphatic rings. The number of nitro groups is 1. The predicted octanol–water partition coefficient (Wildman–Crippen LogP) is 3.97. The van der Waals surface area contributed by atoms with Gasteiger partial charge in [-0.15, -0.1) is 0 Å². The van der Waals surface area contributed by atoms with Crippen molar-refractivity contribution in [1.82, 2.24) is 0 Å². The molecule has 0 radical (unpaired) electrons. The van der Waals surface area contributed by atoms with Gasteiger partial charge in [-0.25, -0.2) is 4.79 Å². The second kappa shape index (κ2) is 8.39. The van der Waals surface area contributed by atoms with Crippen molar-refractivity contribution in [1.29, 1.82) is 0 Å². The van der Waals surface area contributed by atoms with Crippen molar-refractivity contribution in [3.63, 3.8) is 0 Å². The molecule has 2 N–H and O–H groups in total. The highest BCUT2D eigenvalue weighted by Gasteiger charge is 2.23. The van der Waals surface area contributed by atoms with E-state index in [1.807, 2.05) is 36.4 Å². The number of benzene rings is 3. The van der Waals surface area contributed by atoms with E-state index in [1.165, 1.54) is 19.1 Å². The Morgan fingerprint density at radius 2 is 1.76 bits per heavy atom. The number of esters is 1. The normalized spacial score (nSPS) is 11.5. The number of non-ortho nitro benzene ring substituents is 1. The van der Waals surface area contributed by atoms with Crippen LogP contribution in [0.4, 0.5) is 17.1 Å². The van der Waals surface area contributed by atoms with Gasteiger partial charge in [-0.3, -0.25) is 14.9 Å². The summed E-state index contributed by atoms with van der Waals surface area (Å²) in [6, 6.07) is 16.9. The molecular formula is C21H19N3O5. The van der Waals surface area contributed by atoms with Gasteiger partial charge in [0.25, 0.3) is 11.6 Å². The Morgan fingerprint density at radius 3 is 2.48 bits per heavy atom. The van der Waals surface area contributed by atoms with Crippen LogP contribution in [0.25, 0.3) is 10.8 Å². The van der Waals surface area contributed by atoms with Crippen LogP contribution in [-0.4, -0.2) is 30.0 Å². The number of carbonyl (C=O) groups excluding carboxylic acids is 2. The lowest BCUT2D eigenvalue weighted by atomic mass is 10.1. The third kappa shape index (κ3) is 4.32. The molecule has 0 saturated carbocycles. The fraction of sp³-hybridized carbons (Fsp3) is 0.143. The van der Waals surface area contributed by atoms with Gasteiger partial charge in [0, 0.05) is 35.9 Å². The molecule has 3 aromatic carbocycles. The third-order valence-electron chi connectivity index (χ3n) is 4.40. The highest BCUT2D eigenvalue weighted by Crippen LogP contribution is 2.25.